The Morgan fingerprint density at radius 1 is 0.520 bits per heavy atom. The van der Waals surface area contributed by atoms with Crippen molar-refractivity contribution in [2.24, 2.45) is 0 Å². The predicted molar refractivity (Wildman–Crippen MR) is 216 cm³/mol. The molecule has 0 unspecified atom stereocenters. The quantitative estimate of drug-likeness (QED) is 0.172. The predicted octanol–water partition coefficient (Wildman–Crippen LogP) is 13.9. The molecule has 0 atom stereocenters. The van der Waals surface area contributed by atoms with Crippen LogP contribution < -0.4 is 4.90 Å². The first-order valence-electron chi connectivity index (χ1n) is 17.9. The second kappa shape index (κ2) is 10.8. The Bertz CT molecular complexity index is 2570. The molecule has 0 heterocycles. The van der Waals surface area contributed by atoms with E-state index in [0.29, 0.717) is 0 Å². The lowest BCUT2D eigenvalue weighted by Gasteiger charge is -2.29. The van der Waals surface area contributed by atoms with Crippen LogP contribution >= 0.6 is 0 Å². The van der Waals surface area contributed by atoms with E-state index in [1.54, 1.807) is 0 Å². The first-order valence-corrected chi connectivity index (χ1v) is 17.9. The fraction of sp³-hybridized carbons (Fsp3) is 0.184. The Kier molecular flexibility index (Phi) is 6.62. The maximum absolute atomic E-state index is 2.46. The van der Waals surface area contributed by atoms with E-state index in [9.17, 15) is 0 Å². The van der Waals surface area contributed by atoms with E-state index in [1.807, 2.05) is 0 Å². The summed E-state index contributed by atoms with van der Waals surface area (Å²) in [6, 6.07) is 50.5. The van der Waals surface area contributed by atoms with Gasteiger partial charge in [-0.3, -0.25) is 0 Å². The second-order valence-corrected chi connectivity index (χ2v) is 16.0. The summed E-state index contributed by atoms with van der Waals surface area (Å²) in [6.45, 7) is 16.1. The molecule has 0 spiro atoms. The van der Waals surface area contributed by atoms with E-state index in [0.717, 1.165) is 0 Å². The average Bonchev–Trinajstić information content (AvgIpc) is 3.33. The van der Waals surface area contributed by atoms with Gasteiger partial charge in [-0.05, 0) is 144 Å². The molecular formula is C49H43N. The SMILES string of the molecule is Cc1cccc(N(c2cccc(C)c2)c2ccc3c(c2)C(C)(C)c2c-3c3cccc4cc(-c5ccc(C(C)(C)C)cc5)c5cccc2c5c43)c1. The summed E-state index contributed by atoms with van der Waals surface area (Å²) in [4.78, 5) is 2.42. The summed E-state index contributed by atoms with van der Waals surface area (Å²) < 4.78 is 0. The van der Waals surface area contributed by atoms with Crippen LogP contribution in [0.2, 0.25) is 0 Å². The van der Waals surface area contributed by atoms with Crippen molar-refractivity contribution in [2.75, 3.05) is 4.90 Å². The third kappa shape index (κ3) is 4.53. The monoisotopic (exact) mass is 645 g/mol. The van der Waals surface area contributed by atoms with Crippen molar-refractivity contribution < 1.29 is 0 Å². The van der Waals surface area contributed by atoms with Gasteiger partial charge in [0.2, 0.25) is 0 Å². The highest BCUT2D eigenvalue weighted by atomic mass is 15.1. The summed E-state index contributed by atoms with van der Waals surface area (Å²) in [5.74, 6) is 0. The minimum atomic E-state index is -0.204. The van der Waals surface area contributed by atoms with Crippen molar-refractivity contribution in [1.82, 2.24) is 0 Å². The van der Waals surface area contributed by atoms with Gasteiger partial charge in [0.05, 0.1) is 0 Å². The smallest absolute Gasteiger partial charge is 0.0465 e. The van der Waals surface area contributed by atoms with Crippen molar-refractivity contribution in [1.29, 1.82) is 0 Å². The van der Waals surface area contributed by atoms with Crippen LogP contribution in [-0.4, -0.2) is 0 Å². The number of nitrogens with zero attached hydrogens (tertiary/aromatic N) is 1. The molecule has 1 aliphatic rings. The number of hydrogen-bond acceptors (Lipinski definition) is 1. The number of fused-ring (bicyclic) bond motifs is 5. The molecule has 50 heavy (non-hydrogen) atoms. The van der Waals surface area contributed by atoms with Crippen LogP contribution in [0.5, 0.6) is 0 Å². The first kappa shape index (κ1) is 30.6. The lowest BCUT2D eigenvalue weighted by atomic mass is 9.77. The summed E-state index contributed by atoms with van der Waals surface area (Å²) in [7, 11) is 0. The Morgan fingerprint density at radius 2 is 1.12 bits per heavy atom. The van der Waals surface area contributed by atoms with E-state index in [-0.39, 0.29) is 10.8 Å². The maximum atomic E-state index is 2.46. The molecule has 1 aliphatic carbocycles. The Morgan fingerprint density at radius 3 is 1.78 bits per heavy atom. The van der Waals surface area contributed by atoms with Crippen LogP contribution in [0, 0.1) is 13.8 Å². The van der Waals surface area contributed by atoms with E-state index in [4.69, 9.17) is 0 Å². The Hall–Kier alpha value is -5.40. The average molecular weight is 646 g/mol. The van der Waals surface area contributed by atoms with Crippen LogP contribution in [0.3, 0.4) is 0 Å². The van der Waals surface area contributed by atoms with Gasteiger partial charge in [-0.1, -0.05) is 126 Å². The van der Waals surface area contributed by atoms with Crippen LogP contribution in [0.25, 0.3) is 54.6 Å². The van der Waals surface area contributed by atoms with E-state index in [1.165, 1.54) is 99.5 Å². The molecule has 8 aromatic rings. The normalized spacial score (nSPS) is 13.7. The zero-order chi connectivity index (χ0) is 34.5. The number of benzene rings is 8. The third-order valence-electron chi connectivity index (χ3n) is 11.2. The molecular weight excluding hydrogens is 603 g/mol. The third-order valence-corrected chi connectivity index (χ3v) is 11.2. The van der Waals surface area contributed by atoms with E-state index >= 15 is 0 Å². The molecule has 1 heteroatoms. The molecule has 0 radical (unpaired) electrons. The van der Waals surface area contributed by atoms with Gasteiger partial charge >= 0.3 is 0 Å². The molecule has 0 aliphatic heterocycles. The van der Waals surface area contributed by atoms with Crippen molar-refractivity contribution in [3.8, 4) is 22.3 Å². The number of hydrogen-bond donors (Lipinski definition) is 0. The van der Waals surface area contributed by atoms with Crippen LogP contribution in [0.1, 0.15) is 62.4 Å². The molecule has 0 aromatic heterocycles. The van der Waals surface area contributed by atoms with Crippen molar-refractivity contribution in [2.45, 2.75) is 59.3 Å². The minimum absolute atomic E-state index is 0.121. The molecule has 8 aromatic carbocycles. The van der Waals surface area contributed by atoms with Gasteiger partial charge in [0, 0.05) is 22.5 Å². The zero-order valence-corrected chi connectivity index (χ0v) is 30.1. The van der Waals surface area contributed by atoms with Crippen LogP contribution in [0.4, 0.5) is 17.1 Å². The highest BCUT2D eigenvalue weighted by Gasteiger charge is 2.39. The summed E-state index contributed by atoms with van der Waals surface area (Å²) in [6.07, 6.45) is 0. The van der Waals surface area contributed by atoms with Gasteiger partial charge in [0.25, 0.3) is 0 Å². The second-order valence-electron chi connectivity index (χ2n) is 16.0. The van der Waals surface area contributed by atoms with Gasteiger partial charge in [0.15, 0.2) is 0 Å². The van der Waals surface area contributed by atoms with Gasteiger partial charge in [0.1, 0.15) is 0 Å². The standard InChI is InChI=1S/C49H43N/c1-30-12-8-15-35(26-30)50(36-16-9-13-31(2)27-36)37-24-25-39-43(29-37)49(6,7)47-41-19-11-17-38-42(32-20-22-34(23-21-32)48(3,4)5)28-33-14-10-18-40(46(39)47)44(33)45(38)41/h8-29H,1-7H3. The largest absolute Gasteiger partial charge is 0.310 e. The van der Waals surface area contributed by atoms with Crippen LogP contribution in [0.15, 0.2) is 133 Å². The van der Waals surface area contributed by atoms with Crippen molar-refractivity contribution in [3.63, 3.8) is 0 Å². The molecule has 0 bridgehead atoms. The fourth-order valence-corrected chi connectivity index (χ4v) is 8.77. The molecule has 0 fully saturated rings. The van der Waals surface area contributed by atoms with Gasteiger partial charge in [-0.2, -0.15) is 0 Å². The Balaban J connectivity index is 1.29. The summed E-state index contributed by atoms with van der Waals surface area (Å²) in [5, 5.41) is 8.11. The van der Waals surface area contributed by atoms with Crippen molar-refractivity contribution in [3.05, 3.63) is 161 Å². The number of aryl methyl sites for hydroxylation is 2. The van der Waals surface area contributed by atoms with Crippen molar-refractivity contribution >= 4 is 49.4 Å². The summed E-state index contributed by atoms with van der Waals surface area (Å²) >= 11 is 0. The van der Waals surface area contributed by atoms with Crippen LogP contribution in [-0.2, 0) is 10.8 Å². The molecule has 0 saturated carbocycles. The fourth-order valence-electron chi connectivity index (χ4n) is 8.77. The Labute approximate surface area is 296 Å². The van der Waals surface area contributed by atoms with E-state index < -0.39 is 0 Å². The van der Waals surface area contributed by atoms with Gasteiger partial charge < -0.3 is 4.90 Å². The van der Waals surface area contributed by atoms with Gasteiger partial charge in [-0.25, -0.2) is 0 Å². The molecule has 1 nitrogen and oxygen atoms in total. The lowest BCUT2D eigenvalue weighted by molar-refractivity contribution is 0.590. The first-order chi connectivity index (χ1) is 24.0. The molecule has 244 valence electrons. The molecule has 0 N–H and O–H groups in total. The number of anilines is 3. The molecule has 0 saturated heterocycles. The zero-order valence-electron chi connectivity index (χ0n) is 30.1. The highest BCUT2D eigenvalue weighted by Crippen LogP contribution is 2.57. The van der Waals surface area contributed by atoms with Gasteiger partial charge in [-0.15, -0.1) is 0 Å². The lowest BCUT2D eigenvalue weighted by Crippen LogP contribution is -2.17. The molecule has 9 rings (SSSR count). The molecule has 0 amide bonds. The number of rotatable bonds is 4. The van der Waals surface area contributed by atoms with E-state index in [2.05, 4.69) is 187 Å². The minimum Gasteiger partial charge on any atom is -0.310 e. The highest BCUT2D eigenvalue weighted by molar-refractivity contribution is 6.31. The maximum Gasteiger partial charge on any atom is 0.0465 e. The summed E-state index contributed by atoms with van der Waals surface area (Å²) in [5.41, 5.74) is 15.4. The topological polar surface area (TPSA) is 3.24 Å².